The topological polar surface area (TPSA) is 15.7 Å². The zero-order chi connectivity index (χ0) is 12.1. The molecule has 1 aliphatic heterocycles. The fraction of sp³-hybridized carbons (Fsp3) is 0.571. The Labute approximate surface area is 104 Å². The molecule has 2 rings (SSSR count). The van der Waals surface area contributed by atoms with Crippen molar-refractivity contribution in [1.82, 2.24) is 4.90 Å². The molecule has 1 fully saturated rings. The molecule has 0 saturated carbocycles. The van der Waals surface area contributed by atoms with Crippen molar-refractivity contribution >= 4 is 5.69 Å². The van der Waals surface area contributed by atoms with Gasteiger partial charge in [0.25, 0.3) is 0 Å². The maximum Gasteiger partial charge on any atom is 0.142 e. The van der Waals surface area contributed by atoms with Gasteiger partial charge in [0.05, 0.1) is 12.3 Å². The first-order valence-electron chi connectivity index (χ1n) is 6.54. The Morgan fingerprint density at radius 3 is 2.41 bits per heavy atom. The van der Waals surface area contributed by atoms with Crippen LogP contribution in [-0.4, -0.2) is 44.2 Å². The van der Waals surface area contributed by atoms with E-state index in [-0.39, 0.29) is 0 Å². The molecule has 3 nitrogen and oxygen atoms in total. The molecular weight excluding hydrogens is 212 g/mol. The van der Waals surface area contributed by atoms with Crippen LogP contribution in [0.15, 0.2) is 24.3 Å². The van der Waals surface area contributed by atoms with Gasteiger partial charge in [-0.05, 0) is 25.6 Å². The largest absolute Gasteiger partial charge is 0.492 e. The second-order valence-electron chi connectivity index (χ2n) is 4.32. The lowest BCUT2D eigenvalue weighted by Gasteiger charge is -2.36. The third kappa shape index (κ3) is 2.91. The Hall–Kier alpha value is -1.22. The molecule has 0 aliphatic carbocycles. The maximum atomic E-state index is 5.69. The lowest BCUT2D eigenvalue weighted by Crippen LogP contribution is -2.46. The van der Waals surface area contributed by atoms with Gasteiger partial charge in [0.15, 0.2) is 0 Å². The minimum atomic E-state index is 0.728. The van der Waals surface area contributed by atoms with Crippen molar-refractivity contribution in [1.29, 1.82) is 0 Å². The van der Waals surface area contributed by atoms with Crippen LogP contribution >= 0.6 is 0 Å². The van der Waals surface area contributed by atoms with E-state index in [9.17, 15) is 0 Å². The Bertz CT molecular complexity index is 346. The molecule has 0 aromatic heterocycles. The number of rotatable bonds is 4. The molecule has 1 aromatic carbocycles. The van der Waals surface area contributed by atoms with E-state index < -0.39 is 0 Å². The number of nitrogens with zero attached hydrogens (tertiary/aromatic N) is 2. The van der Waals surface area contributed by atoms with Gasteiger partial charge in [0.2, 0.25) is 0 Å². The van der Waals surface area contributed by atoms with E-state index in [0.29, 0.717) is 0 Å². The molecule has 1 saturated heterocycles. The van der Waals surface area contributed by atoms with E-state index in [0.717, 1.165) is 45.1 Å². The van der Waals surface area contributed by atoms with E-state index in [1.807, 2.05) is 13.0 Å². The highest BCUT2D eigenvalue weighted by Crippen LogP contribution is 2.28. The molecule has 0 atom stereocenters. The molecular formula is C14H22N2O. The molecule has 0 spiro atoms. The molecule has 3 heteroatoms. The Kier molecular flexibility index (Phi) is 4.26. The monoisotopic (exact) mass is 234 g/mol. The van der Waals surface area contributed by atoms with Crippen molar-refractivity contribution in [3.63, 3.8) is 0 Å². The van der Waals surface area contributed by atoms with Gasteiger partial charge < -0.3 is 14.5 Å². The number of benzene rings is 1. The van der Waals surface area contributed by atoms with Crippen molar-refractivity contribution in [2.75, 3.05) is 44.2 Å². The summed E-state index contributed by atoms with van der Waals surface area (Å²) in [6.07, 6.45) is 0. The lowest BCUT2D eigenvalue weighted by molar-refractivity contribution is 0.269. The minimum Gasteiger partial charge on any atom is -0.492 e. The van der Waals surface area contributed by atoms with Crippen LogP contribution in [0.1, 0.15) is 13.8 Å². The van der Waals surface area contributed by atoms with Crippen LogP contribution in [0.4, 0.5) is 5.69 Å². The second-order valence-corrected chi connectivity index (χ2v) is 4.32. The summed E-state index contributed by atoms with van der Waals surface area (Å²) in [5, 5.41) is 0. The molecule has 0 radical (unpaired) electrons. The summed E-state index contributed by atoms with van der Waals surface area (Å²) in [5.41, 5.74) is 1.24. The molecule has 0 N–H and O–H groups in total. The first-order chi connectivity index (χ1) is 8.35. The zero-order valence-electron chi connectivity index (χ0n) is 10.9. The quantitative estimate of drug-likeness (QED) is 0.794. The van der Waals surface area contributed by atoms with Crippen LogP contribution in [-0.2, 0) is 0 Å². The van der Waals surface area contributed by atoms with Gasteiger partial charge in [0, 0.05) is 26.2 Å². The first-order valence-corrected chi connectivity index (χ1v) is 6.54. The molecule has 17 heavy (non-hydrogen) atoms. The van der Waals surface area contributed by atoms with Crippen LogP contribution in [0, 0.1) is 0 Å². The number of para-hydroxylation sites is 2. The number of piperazine rings is 1. The normalized spacial score (nSPS) is 17.2. The number of ether oxygens (including phenoxy) is 1. The van der Waals surface area contributed by atoms with Gasteiger partial charge in [0.1, 0.15) is 5.75 Å². The molecule has 1 aliphatic rings. The highest BCUT2D eigenvalue weighted by molar-refractivity contribution is 5.58. The Morgan fingerprint density at radius 2 is 1.76 bits per heavy atom. The fourth-order valence-corrected chi connectivity index (χ4v) is 2.30. The summed E-state index contributed by atoms with van der Waals surface area (Å²) in [5.74, 6) is 1.01. The van der Waals surface area contributed by atoms with Crippen LogP contribution in [0.5, 0.6) is 5.75 Å². The van der Waals surface area contributed by atoms with Crippen molar-refractivity contribution in [3.8, 4) is 5.75 Å². The van der Waals surface area contributed by atoms with Crippen LogP contribution in [0.25, 0.3) is 0 Å². The third-order valence-corrected chi connectivity index (χ3v) is 3.33. The number of likely N-dealkylation sites (N-methyl/N-ethyl adjacent to an activating group) is 1. The summed E-state index contributed by atoms with van der Waals surface area (Å²) in [7, 11) is 0. The summed E-state index contributed by atoms with van der Waals surface area (Å²) in [6.45, 7) is 10.6. The van der Waals surface area contributed by atoms with E-state index in [1.165, 1.54) is 5.69 Å². The predicted octanol–water partition coefficient (Wildman–Crippen LogP) is 2.23. The maximum absolute atomic E-state index is 5.69. The van der Waals surface area contributed by atoms with Gasteiger partial charge in [-0.1, -0.05) is 19.1 Å². The van der Waals surface area contributed by atoms with Crippen molar-refractivity contribution in [2.45, 2.75) is 13.8 Å². The molecule has 0 unspecified atom stereocenters. The average molecular weight is 234 g/mol. The molecule has 94 valence electrons. The fourth-order valence-electron chi connectivity index (χ4n) is 2.30. The van der Waals surface area contributed by atoms with Gasteiger partial charge in [-0.25, -0.2) is 0 Å². The molecule has 1 aromatic rings. The van der Waals surface area contributed by atoms with E-state index in [1.54, 1.807) is 0 Å². The van der Waals surface area contributed by atoms with Crippen LogP contribution in [0.2, 0.25) is 0 Å². The Balaban J connectivity index is 2.07. The van der Waals surface area contributed by atoms with E-state index in [4.69, 9.17) is 4.74 Å². The standard InChI is InChI=1S/C14H22N2O/c1-3-15-9-11-16(12-10-15)13-7-5-6-8-14(13)17-4-2/h5-8H,3-4,9-12H2,1-2H3. The molecule has 0 amide bonds. The highest BCUT2D eigenvalue weighted by Gasteiger charge is 2.18. The SMILES string of the molecule is CCOc1ccccc1N1CCN(CC)CC1. The van der Waals surface area contributed by atoms with Crippen LogP contribution < -0.4 is 9.64 Å². The molecule has 0 bridgehead atoms. The summed E-state index contributed by atoms with van der Waals surface area (Å²) >= 11 is 0. The predicted molar refractivity (Wildman–Crippen MR) is 71.9 cm³/mol. The summed E-state index contributed by atoms with van der Waals surface area (Å²) < 4.78 is 5.69. The van der Waals surface area contributed by atoms with Gasteiger partial charge in [-0.3, -0.25) is 0 Å². The summed E-state index contributed by atoms with van der Waals surface area (Å²) in [4.78, 5) is 4.91. The minimum absolute atomic E-state index is 0.728. The van der Waals surface area contributed by atoms with Gasteiger partial charge in [-0.15, -0.1) is 0 Å². The highest BCUT2D eigenvalue weighted by atomic mass is 16.5. The number of hydrogen-bond acceptors (Lipinski definition) is 3. The number of hydrogen-bond donors (Lipinski definition) is 0. The van der Waals surface area contributed by atoms with Crippen molar-refractivity contribution in [2.24, 2.45) is 0 Å². The van der Waals surface area contributed by atoms with E-state index in [2.05, 4.69) is 34.9 Å². The smallest absolute Gasteiger partial charge is 0.142 e. The third-order valence-electron chi connectivity index (χ3n) is 3.33. The average Bonchev–Trinajstić information content (AvgIpc) is 2.40. The van der Waals surface area contributed by atoms with Crippen molar-refractivity contribution < 1.29 is 4.74 Å². The molecule has 1 heterocycles. The number of anilines is 1. The lowest BCUT2D eigenvalue weighted by atomic mass is 10.2. The van der Waals surface area contributed by atoms with E-state index >= 15 is 0 Å². The first kappa shape index (κ1) is 12.2. The van der Waals surface area contributed by atoms with Gasteiger partial charge >= 0.3 is 0 Å². The van der Waals surface area contributed by atoms with Crippen molar-refractivity contribution in [3.05, 3.63) is 24.3 Å². The van der Waals surface area contributed by atoms with Crippen LogP contribution in [0.3, 0.4) is 0 Å². The van der Waals surface area contributed by atoms with Gasteiger partial charge in [-0.2, -0.15) is 0 Å². The zero-order valence-corrected chi connectivity index (χ0v) is 10.9. The second kappa shape index (κ2) is 5.92. The Morgan fingerprint density at radius 1 is 1.06 bits per heavy atom. The summed E-state index contributed by atoms with van der Waals surface area (Å²) in [6, 6.07) is 8.35.